The molecule has 0 aromatic heterocycles. The van der Waals surface area contributed by atoms with Crippen LogP contribution in [0, 0.1) is 11.3 Å². The van der Waals surface area contributed by atoms with Gasteiger partial charge in [0, 0.05) is 13.2 Å². The minimum atomic E-state index is -3.91. The van der Waals surface area contributed by atoms with Crippen LogP contribution in [0.3, 0.4) is 0 Å². The van der Waals surface area contributed by atoms with Gasteiger partial charge in [0.1, 0.15) is 6.07 Å². The molecule has 8 heteroatoms. The first-order chi connectivity index (χ1) is 12.5. The summed E-state index contributed by atoms with van der Waals surface area (Å²) in [5, 5.41) is 11.6. The first kappa shape index (κ1) is 20.4. The van der Waals surface area contributed by atoms with E-state index in [1.807, 2.05) is 6.07 Å². The Bertz CT molecular complexity index is 737. The molecule has 2 N–H and O–H groups in total. The molecule has 1 aromatic carbocycles. The summed E-state index contributed by atoms with van der Waals surface area (Å²) in [5.41, 5.74) is 0.0419. The Kier molecular flexibility index (Phi) is 8.04. The smallest absolute Gasteiger partial charge is 0.242 e. The Labute approximate surface area is 154 Å². The maximum absolute atomic E-state index is 12.2. The van der Waals surface area contributed by atoms with Crippen molar-refractivity contribution in [2.45, 2.75) is 49.5 Å². The Hall–Kier alpha value is -1.95. The van der Waals surface area contributed by atoms with Crippen molar-refractivity contribution < 1.29 is 17.9 Å². The molecule has 0 atom stereocenters. The molecule has 7 nitrogen and oxygen atoms in total. The van der Waals surface area contributed by atoms with Crippen LogP contribution in [0.1, 0.15) is 44.1 Å². The lowest BCUT2D eigenvalue weighted by atomic mass is 9.98. The highest BCUT2D eigenvalue weighted by molar-refractivity contribution is 7.89. The SMILES string of the molecule is N#Cc1ccccc1S(=O)(=O)NCC(=O)NCCCOC1CCCCC1. The van der Waals surface area contributed by atoms with E-state index in [1.165, 1.54) is 37.5 Å². The third-order valence-electron chi connectivity index (χ3n) is 4.27. The largest absolute Gasteiger partial charge is 0.378 e. The summed E-state index contributed by atoms with van der Waals surface area (Å²) in [6.45, 7) is 0.653. The molecule has 1 fully saturated rings. The normalized spacial score (nSPS) is 15.3. The number of hydrogen-bond donors (Lipinski definition) is 2. The van der Waals surface area contributed by atoms with Crippen LogP contribution in [-0.4, -0.2) is 40.1 Å². The molecule has 1 saturated carbocycles. The highest BCUT2D eigenvalue weighted by atomic mass is 32.2. The van der Waals surface area contributed by atoms with Gasteiger partial charge >= 0.3 is 0 Å². The standard InChI is InChI=1S/C18H25N3O4S/c19-13-15-7-4-5-10-17(15)26(23,24)21-14-18(22)20-11-6-12-25-16-8-2-1-3-9-16/h4-5,7,10,16,21H,1-3,6,8-9,11-12,14H2,(H,20,22). The van der Waals surface area contributed by atoms with Gasteiger partial charge in [-0.25, -0.2) is 13.1 Å². The Morgan fingerprint density at radius 3 is 2.69 bits per heavy atom. The summed E-state index contributed by atoms with van der Waals surface area (Å²) >= 11 is 0. The summed E-state index contributed by atoms with van der Waals surface area (Å²) in [5.74, 6) is -0.416. The number of hydrogen-bond acceptors (Lipinski definition) is 5. The van der Waals surface area contributed by atoms with Gasteiger partial charge in [-0.3, -0.25) is 4.79 Å². The Balaban J connectivity index is 1.67. The predicted molar refractivity (Wildman–Crippen MR) is 96.8 cm³/mol. The zero-order valence-corrected chi connectivity index (χ0v) is 15.6. The first-order valence-corrected chi connectivity index (χ1v) is 10.4. The van der Waals surface area contributed by atoms with E-state index in [0.717, 1.165) is 12.8 Å². The van der Waals surface area contributed by atoms with Crippen LogP contribution in [0.5, 0.6) is 0 Å². The van der Waals surface area contributed by atoms with Crippen LogP contribution >= 0.6 is 0 Å². The van der Waals surface area contributed by atoms with Crippen molar-refractivity contribution >= 4 is 15.9 Å². The summed E-state index contributed by atoms with van der Waals surface area (Å²) in [6, 6.07) is 7.70. The molecule has 1 aromatic rings. The van der Waals surface area contributed by atoms with E-state index >= 15 is 0 Å². The monoisotopic (exact) mass is 379 g/mol. The molecule has 0 aliphatic heterocycles. The highest BCUT2D eigenvalue weighted by Gasteiger charge is 2.19. The van der Waals surface area contributed by atoms with E-state index in [2.05, 4.69) is 10.0 Å². The minimum absolute atomic E-state index is 0.0419. The van der Waals surface area contributed by atoms with Gasteiger partial charge in [0.2, 0.25) is 15.9 Å². The fourth-order valence-electron chi connectivity index (χ4n) is 2.88. The van der Waals surface area contributed by atoms with Crippen molar-refractivity contribution in [1.29, 1.82) is 5.26 Å². The number of nitrogens with zero attached hydrogens (tertiary/aromatic N) is 1. The molecule has 0 spiro atoms. The number of carbonyl (C=O) groups is 1. The Morgan fingerprint density at radius 1 is 1.23 bits per heavy atom. The molecular formula is C18H25N3O4S. The molecule has 26 heavy (non-hydrogen) atoms. The van der Waals surface area contributed by atoms with Crippen molar-refractivity contribution in [3.8, 4) is 6.07 Å². The van der Waals surface area contributed by atoms with Crippen LogP contribution in [0.15, 0.2) is 29.2 Å². The molecule has 1 aliphatic carbocycles. The molecule has 0 unspecified atom stereocenters. The number of nitrogens with one attached hydrogen (secondary N) is 2. The maximum atomic E-state index is 12.2. The minimum Gasteiger partial charge on any atom is -0.378 e. The molecular weight excluding hydrogens is 354 g/mol. The third-order valence-corrected chi connectivity index (χ3v) is 5.73. The van der Waals surface area contributed by atoms with E-state index in [9.17, 15) is 13.2 Å². The second-order valence-corrected chi connectivity index (χ2v) is 8.00. The second kappa shape index (κ2) is 10.3. The molecule has 2 rings (SSSR count). The van der Waals surface area contributed by atoms with Crippen molar-refractivity contribution in [1.82, 2.24) is 10.0 Å². The van der Waals surface area contributed by atoms with Gasteiger partial charge in [-0.1, -0.05) is 31.4 Å². The van der Waals surface area contributed by atoms with Gasteiger partial charge in [0.15, 0.2) is 0 Å². The lowest BCUT2D eigenvalue weighted by Gasteiger charge is -2.21. The highest BCUT2D eigenvalue weighted by Crippen LogP contribution is 2.20. The van der Waals surface area contributed by atoms with Crippen LogP contribution in [0.25, 0.3) is 0 Å². The fourth-order valence-corrected chi connectivity index (χ4v) is 4.01. The quantitative estimate of drug-likeness (QED) is 0.635. The molecule has 1 amide bonds. The van der Waals surface area contributed by atoms with E-state index in [0.29, 0.717) is 25.7 Å². The molecule has 0 bridgehead atoms. The molecule has 0 radical (unpaired) electrons. The van der Waals surface area contributed by atoms with E-state index in [4.69, 9.17) is 10.00 Å². The van der Waals surface area contributed by atoms with Gasteiger partial charge in [0.25, 0.3) is 0 Å². The Morgan fingerprint density at radius 2 is 1.96 bits per heavy atom. The molecule has 1 aliphatic rings. The summed E-state index contributed by atoms with van der Waals surface area (Å²) in [7, 11) is -3.91. The van der Waals surface area contributed by atoms with Gasteiger partial charge in [-0.05, 0) is 31.4 Å². The van der Waals surface area contributed by atoms with E-state index in [-0.39, 0.29) is 17.0 Å². The summed E-state index contributed by atoms with van der Waals surface area (Å²) in [6.07, 6.45) is 6.96. The molecule has 0 heterocycles. The van der Waals surface area contributed by atoms with Crippen molar-refractivity contribution in [3.63, 3.8) is 0 Å². The number of nitriles is 1. The van der Waals surface area contributed by atoms with Crippen LogP contribution in [0.4, 0.5) is 0 Å². The topological polar surface area (TPSA) is 108 Å². The van der Waals surface area contributed by atoms with Crippen LogP contribution in [0.2, 0.25) is 0 Å². The lowest BCUT2D eigenvalue weighted by molar-refractivity contribution is -0.120. The average Bonchev–Trinajstić information content (AvgIpc) is 2.67. The van der Waals surface area contributed by atoms with Gasteiger partial charge in [-0.15, -0.1) is 0 Å². The zero-order valence-electron chi connectivity index (χ0n) is 14.7. The number of ether oxygens (including phenoxy) is 1. The zero-order chi connectivity index (χ0) is 18.8. The predicted octanol–water partition coefficient (Wildman–Crippen LogP) is 1.69. The molecule has 0 saturated heterocycles. The number of sulfonamides is 1. The van der Waals surface area contributed by atoms with E-state index < -0.39 is 15.9 Å². The summed E-state index contributed by atoms with van der Waals surface area (Å²) in [4.78, 5) is 11.7. The fraction of sp³-hybridized carbons (Fsp3) is 0.556. The second-order valence-electron chi connectivity index (χ2n) is 6.27. The number of benzene rings is 1. The number of amides is 1. The van der Waals surface area contributed by atoms with Crippen LogP contribution < -0.4 is 10.0 Å². The van der Waals surface area contributed by atoms with Crippen molar-refractivity contribution in [3.05, 3.63) is 29.8 Å². The first-order valence-electron chi connectivity index (χ1n) is 8.90. The average molecular weight is 379 g/mol. The molecule has 142 valence electrons. The van der Waals surface area contributed by atoms with E-state index in [1.54, 1.807) is 6.07 Å². The van der Waals surface area contributed by atoms with Crippen LogP contribution in [-0.2, 0) is 19.6 Å². The lowest BCUT2D eigenvalue weighted by Crippen LogP contribution is -2.37. The van der Waals surface area contributed by atoms with Gasteiger partial charge < -0.3 is 10.1 Å². The van der Waals surface area contributed by atoms with Gasteiger partial charge in [-0.2, -0.15) is 5.26 Å². The maximum Gasteiger partial charge on any atom is 0.242 e. The third kappa shape index (κ3) is 6.41. The van der Waals surface area contributed by atoms with Gasteiger partial charge in [0.05, 0.1) is 23.1 Å². The summed E-state index contributed by atoms with van der Waals surface area (Å²) < 4.78 is 32.4. The van der Waals surface area contributed by atoms with Crippen molar-refractivity contribution in [2.24, 2.45) is 0 Å². The number of carbonyl (C=O) groups excluding carboxylic acids is 1. The van der Waals surface area contributed by atoms with Crippen molar-refractivity contribution in [2.75, 3.05) is 19.7 Å². The number of rotatable bonds is 9.